The molecule has 1 aliphatic heterocycles. The van der Waals surface area contributed by atoms with Gasteiger partial charge in [-0.05, 0) is 31.4 Å². The third-order valence-corrected chi connectivity index (χ3v) is 3.68. The van der Waals surface area contributed by atoms with E-state index < -0.39 is 11.9 Å². The van der Waals surface area contributed by atoms with E-state index in [9.17, 15) is 9.59 Å². The maximum atomic E-state index is 12.2. The summed E-state index contributed by atoms with van der Waals surface area (Å²) in [5, 5.41) is 20.9. The number of rotatable bonds is 2. The maximum absolute atomic E-state index is 12.2. The Morgan fingerprint density at radius 2 is 2.24 bits per heavy atom. The molecule has 1 heterocycles. The van der Waals surface area contributed by atoms with E-state index in [0.717, 1.165) is 5.56 Å². The molecule has 0 spiro atoms. The number of likely N-dealkylation sites (tertiary alicyclic amines) is 1. The Bertz CT molecular complexity index is 607. The van der Waals surface area contributed by atoms with Crippen molar-refractivity contribution in [1.82, 2.24) is 4.90 Å². The van der Waals surface area contributed by atoms with Gasteiger partial charge in [-0.25, -0.2) is 4.79 Å². The van der Waals surface area contributed by atoms with Gasteiger partial charge in [0.1, 0.15) is 6.07 Å². The topological polar surface area (TPSA) is 93.4 Å². The van der Waals surface area contributed by atoms with Crippen molar-refractivity contribution in [2.24, 2.45) is 5.92 Å². The van der Waals surface area contributed by atoms with Gasteiger partial charge in [0, 0.05) is 13.1 Å². The van der Waals surface area contributed by atoms with E-state index in [4.69, 9.17) is 10.4 Å². The van der Waals surface area contributed by atoms with Gasteiger partial charge in [-0.3, -0.25) is 4.79 Å². The summed E-state index contributed by atoms with van der Waals surface area (Å²) in [6, 6.07) is 6.95. The summed E-state index contributed by atoms with van der Waals surface area (Å²) in [7, 11) is 0. The van der Waals surface area contributed by atoms with Gasteiger partial charge in [0.05, 0.1) is 17.2 Å². The maximum Gasteiger partial charge on any atom is 0.321 e. The van der Waals surface area contributed by atoms with Gasteiger partial charge in [0.15, 0.2) is 0 Å². The van der Waals surface area contributed by atoms with E-state index >= 15 is 0 Å². The molecule has 2 amide bonds. The van der Waals surface area contributed by atoms with Crippen molar-refractivity contribution < 1.29 is 14.7 Å². The van der Waals surface area contributed by atoms with Crippen molar-refractivity contribution in [2.45, 2.75) is 19.8 Å². The van der Waals surface area contributed by atoms with Crippen LogP contribution in [0.1, 0.15) is 24.0 Å². The van der Waals surface area contributed by atoms with Crippen LogP contribution in [0.25, 0.3) is 0 Å². The Labute approximate surface area is 123 Å². The molecule has 110 valence electrons. The molecular formula is C15H17N3O3. The number of hydrogen-bond donors (Lipinski definition) is 2. The summed E-state index contributed by atoms with van der Waals surface area (Å²) in [5.41, 5.74) is 1.68. The highest BCUT2D eigenvalue weighted by atomic mass is 16.4. The number of hydrogen-bond acceptors (Lipinski definition) is 3. The number of nitriles is 1. The molecule has 0 aromatic heterocycles. The second-order valence-corrected chi connectivity index (χ2v) is 5.16. The number of amides is 2. The summed E-state index contributed by atoms with van der Waals surface area (Å²) in [6.45, 7) is 2.54. The number of aryl methyl sites for hydroxylation is 1. The zero-order valence-electron chi connectivity index (χ0n) is 11.8. The molecular weight excluding hydrogens is 270 g/mol. The number of nitrogens with one attached hydrogen (secondary N) is 1. The van der Waals surface area contributed by atoms with E-state index in [1.807, 2.05) is 0 Å². The number of urea groups is 1. The number of anilines is 1. The first-order chi connectivity index (χ1) is 10.0. The minimum atomic E-state index is -0.874. The van der Waals surface area contributed by atoms with Gasteiger partial charge < -0.3 is 15.3 Å². The molecule has 0 bridgehead atoms. The number of nitrogens with zero attached hydrogens (tertiary/aromatic N) is 2. The van der Waals surface area contributed by atoms with Crippen molar-refractivity contribution in [3.8, 4) is 6.07 Å². The van der Waals surface area contributed by atoms with Crippen molar-refractivity contribution in [2.75, 3.05) is 18.4 Å². The van der Waals surface area contributed by atoms with Crippen molar-refractivity contribution in [3.05, 3.63) is 29.3 Å². The zero-order chi connectivity index (χ0) is 15.4. The van der Waals surface area contributed by atoms with Crippen LogP contribution in [-0.4, -0.2) is 35.1 Å². The Balaban J connectivity index is 2.10. The van der Waals surface area contributed by atoms with Crippen LogP contribution in [0.15, 0.2) is 18.2 Å². The molecule has 2 rings (SSSR count). The summed E-state index contributed by atoms with van der Waals surface area (Å²) in [4.78, 5) is 24.7. The van der Waals surface area contributed by atoms with Gasteiger partial charge in [-0.1, -0.05) is 12.1 Å². The molecule has 21 heavy (non-hydrogen) atoms. The number of piperidine rings is 1. The third kappa shape index (κ3) is 3.31. The number of carbonyl (C=O) groups is 2. The number of aliphatic carboxylic acids is 1. The third-order valence-electron chi connectivity index (χ3n) is 3.68. The predicted octanol–water partition coefficient (Wildman–Crippen LogP) is 2.20. The van der Waals surface area contributed by atoms with E-state index in [0.29, 0.717) is 30.6 Å². The summed E-state index contributed by atoms with van der Waals surface area (Å²) < 4.78 is 0. The number of carbonyl (C=O) groups excluding carboxylic acids is 1. The van der Waals surface area contributed by atoms with Crippen molar-refractivity contribution in [3.63, 3.8) is 0 Å². The largest absolute Gasteiger partial charge is 0.481 e. The highest BCUT2D eigenvalue weighted by Gasteiger charge is 2.28. The fourth-order valence-electron chi connectivity index (χ4n) is 2.48. The van der Waals surface area contributed by atoms with Gasteiger partial charge >= 0.3 is 12.0 Å². The van der Waals surface area contributed by atoms with Crippen LogP contribution < -0.4 is 5.32 Å². The average Bonchev–Trinajstić information content (AvgIpc) is 2.47. The van der Waals surface area contributed by atoms with Crippen LogP contribution in [0, 0.1) is 24.2 Å². The normalized spacial score (nSPS) is 17.9. The van der Waals surface area contributed by atoms with Gasteiger partial charge in [-0.15, -0.1) is 0 Å². The quantitative estimate of drug-likeness (QED) is 0.872. The molecule has 1 aromatic carbocycles. The number of carboxylic acids is 1. The van der Waals surface area contributed by atoms with Crippen LogP contribution >= 0.6 is 0 Å². The van der Waals surface area contributed by atoms with E-state index in [2.05, 4.69) is 11.4 Å². The second-order valence-electron chi connectivity index (χ2n) is 5.16. The molecule has 1 fully saturated rings. The Kier molecular flexibility index (Phi) is 4.43. The zero-order valence-corrected chi connectivity index (χ0v) is 11.8. The molecule has 6 heteroatoms. The Hall–Kier alpha value is -2.55. The lowest BCUT2D eigenvalue weighted by Gasteiger charge is -2.30. The van der Waals surface area contributed by atoms with Gasteiger partial charge in [-0.2, -0.15) is 5.26 Å². The van der Waals surface area contributed by atoms with Crippen LogP contribution in [0.4, 0.5) is 10.5 Å². The predicted molar refractivity (Wildman–Crippen MR) is 76.8 cm³/mol. The van der Waals surface area contributed by atoms with Crippen LogP contribution in [0.2, 0.25) is 0 Å². The molecule has 1 aromatic rings. The van der Waals surface area contributed by atoms with E-state index in [1.165, 1.54) is 4.90 Å². The van der Waals surface area contributed by atoms with Gasteiger partial charge in [0.25, 0.3) is 0 Å². The summed E-state index contributed by atoms with van der Waals surface area (Å²) in [5.74, 6) is -1.39. The number of carboxylic acid groups (broad SMARTS) is 1. The fourth-order valence-corrected chi connectivity index (χ4v) is 2.48. The summed E-state index contributed by atoms with van der Waals surface area (Å²) in [6.07, 6.45) is 1.26. The molecule has 1 atom stereocenters. The minimum Gasteiger partial charge on any atom is -0.481 e. The highest BCUT2D eigenvalue weighted by Crippen LogP contribution is 2.21. The first kappa shape index (κ1) is 14.9. The molecule has 0 saturated carbocycles. The highest BCUT2D eigenvalue weighted by molar-refractivity contribution is 5.91. The van der Waals surface area contributed by atoms with Crippen molar-refractivity contribution >= 4 is 17.7 Å². The lowest BCUT2D eigenvalue weighted by atomic mass is 9.99. The Morgan fingerprint density at radius 3 is 2.90 bits per heavy atom. The van der Waals surface area contributed by atoms with Gasteiger partial charge in [0.2, 0.25) is 0 Å². The molecule has 2 N–H and O–H groups in total. The van der Waals surface area contributed by atoms with Crippen LogP contribution in [0.3, 0.4) is 0 Å². The standard InChI is InChI=1S/C15H17N3O3/c1-10-4-2-6-13(12(10)8-16)17-15(21)18-7-3-5-11(9-18)14(19)20/h2,4,6,11H,3,5,7,9H2,1H3,(H,17,21)(H,19,20)/t11-/m0/s1. The lowest BCUT2D eigenvalue weighted by molar-refractivity contribution is -0.143. The first-order valence-corrected chi connectivity index (χ1v) is 6.81. The molecule has 0 aliphatic carbocycles. The van der Waals surface area contributed by atoms with E-state index in [1.54, 1.807) is 25.1 Å². The SMILES string of the molecule is Cc1cccc(NC(=O)N2CCC[C@H](C(=O)O)C2)c1C#N. The fraction of sp³-hybridized carbons (Fsp3) is 0.400. The first-order valence-electron chi connectivity index (χ1n) is 6.81. The molecule has 0 radical (unpaired) electrons. The lowest BCUT2D eigenvalue weighted by Crippen LogP contribution is -2.44. The molecule has 0 unspecified atom stereocenters. The molecule has 1 aliphatic rings. The van der Waals surface area contributed by atoms with Crippen LogP contribution in [-0.2, 0) is 4.79 Å². The number of benzene rings is 1. The second kappa shape index (κ2) is 6.27. The smallest absolute Gasteiger partial charge is 0.321 e. The molecule has 1 saturated heterocycles. The minimum absolute atomic E-state index is 0.203. The summed E-state index contributed by atoms with van der Waals surface area (Å²) >= 11 is 0. The van der Waals surface area contributed by atoms with Crippen LogP contribution in [0.5, 0.6) is 0 Å². The monoisotopic (exact) mass is 287 g/mol. The van der Waals surface area contributed by atoms with E-state index in [-0.39, 0.29) is 12.6 Å². The molecule has 6 nitrogen and oxygen atoms in total. The van der Waals surface area contributed by atoms with Crippen molar-refractivity contribution in [1.29, 1.82) is 5.26 Å². The Morgan fingerprint density at radius 1 is 1.48 bits per heavy atom. The average molecular weight is 287 g/mol.